The Morgan fingerprint density at radius 1 is 1.18 bits per heavy atom. The molecule has 0 atom stereocenters. The standard InChI is InChI=1S/C14H20ClNO/c15-8-11-17-14-6-9-16(10-7-14)12-13-4-2-1-3-5-13/h1-5,14H,6-12H2. The van der Waals surface area contributed by atoms with Gasteiger partial charge in [-0.05, 0) is 18.4 Å². The highest BCUT2D eigenvalue weighted by Gasteiger charge is 2.19. The molecule has 2 rings (SSSR count). The van der Waals surface area contributed by atoms with Gasteiger partial charge in [0.25, 0.3) is 0 Å². The molecule has 1 aromatic rings. The summed E-state index contributed by atoms with van der Waals surface area (Å²) in [5, 5.41) is 0. The summed E-state index contributed by atoms with van der Waals surface area (Å²) < 4.78 is 5.67. The van der Waals surface area contributed by atoms with Crippen LogP contribution in [-0.4, -0.2) is 36.6 Å². The van der Waals surface area contributed by atoms with E-state index in [0.29, 0.717) is 18.6 Å². The van der Waals surface area contributed by atoms with Crippen LogP contribution in [-0.2, 0) is 11.3 Å². The number of ether oxygens (including phenoxy) is 1. The highest BCUT2D eigenvalue weighted by atomic mass is 35.5. The SMILES string of the molecule is ClCCOC1CCN(Cc2ccccc2)CC1. The molecule has 1 saturated heterocycles. The lowest BCUT2D eigenvalue weighted by Gasteiger charge is -2.31. The zero-order valence-electron chi connectivity index (χ0n) is 10.1. The van der Waals surface area contributed by atoms with Crippen LogP contribution in [0.2, 0.25) is 0 Å². The molecule has 0 bridgehead atoms. The Balaban J connectivity index is 1.72. The first-order valence-corrected chi connectivity index (χ1v) is 6.86. The average Bonchev–Trinajstić information content (AvgIpc) is 2.39. The van der Waals surface area contributed by atoms with E-state index in [1.54, 1.807) is 0 Å². The molecule has 0 spiro atoms. The molecule has 1 heterocycles. The van der Waals surface area contributed by atoms with Gasteiger partial charge in [-0.25, -0.2) is 0 Å². The smallest absolute Gasteiger partial charge is 0.0605 e. The van der Waals surface area contributed by atoms with E-state index >= 15 is 0 Å². The summed E-state index contributed by atoms with van der Waals surface area (Å²) in [6.45, 7) is 4.00. The summed E-state index contributed by atoms with van der Waals surface area (Å²) in [6.07, 6.45) is 2.67. The number of alkyl halides is 1. The fraction of sp³-hybridized carbons (Fsp3) is 0.571. The number of rotatable bonds is 5. The summed E-state index contributed by atoms with van der Waals surface area (Å²) in [5.74, 6) is 0.601. The summed E-state index contributed by atoms with van der Waals surface area (Å²) in [6, 6.07) is 10.7. The van der Waals surface area contributed by atoms with Gasteiger partial charge in [-0.3, -0.25) is 4.90 Å². The number of hydrogen-bond donors (Lipinski definition) is 0. The number of halogens is 1. The fourth-order valence-electron chi connectivity index (χ4n) is 2.29. The van der Waals surface area contributed by atoms with E-state index < -0.39 is 0 Å². The molecular weight excluding hydrogens is 234 g/mol. The first kappa shape index (κ1) is 12.9. The minimum Gasteiger partial charge on any atom is -0.377 e. The molecule has 0 saturated carbocycles. The summed E-state index contributed by atoms with van der Waals surface area (Å²) in [7, 11) is 0. The Morgan fingerprint density at radius 2 is 1.88 bits per heavy atom. The lowest BCUT2D eigenvalue weighted by atomic mass is 10.1. The largest absolute Gasteiger partial charge is 0.377 e. The molecule has 94 valence electrons. The molecule has 2 nitrogen and oxygen atoms in total. The van der Waals surface area contributed by atoms with Crippen LogP contribution in [0.3, 0.4) is 0 Å². The zero-order chi connectivity index (χ0) is 11.9. The maximum atomic E-state index is 5.67. The first-order valence-electron chi connectivity index (χ1n) is 6.32. The van der Waals surface area contributed by atoms with E-state index in [9.17, 15) is 0 Å². The van der Waals surface area contributed by atoms with Crippen molar-refractivity contribution in [1.29, 1.82) is 0 Å². The quantitative estimate of drug-likeness (QED) is 0.749. The minimum atomic E-state index is 0.417. The van der Waals surface area contributed by atoms with Gasteiger partial charge < -0.3 is 4.74 Å². The van der Waals surface area contributed by atoms with Gasteiger partial charge >= 0.3 is 0 Å². The van der Waals surface area contributed by atoms with Gasteiger partial charge in [0, 0.05) is 25.5 Å². The number of benzene rings is 1. The van der Waals surface area contributed by atoms with E-state index in [0.717, 1.165) is 32.5 Å². The van der Waals surface area contributed by atoms with Gasteiger partial charge in [0.15, 0.2) is 0 Å². The van der Waals surface area contributed by atoms with Crippen LogP contribution in [0, 0.1) is 0 Å². The highest BCUT2D eigenvalue weighted by molar-refractivity contribution is 6.17. The Labute approximate surface area is 109 Å². The second-order valence-electron chi connectivity index (χ2n) is 4.52. The molecular formula is C14H20ClNO. The van der Waals surface area contributed by atoms with Gasteiger partial charge in [0.1, 0.15) is 0 Å². The van der Waals surface area contributed by atoms with E-state index in [4.69, 9.17) is 16.3 Å². The Kier molecular flexibility index (Phi) is 5.30. The normalized spacial score (nSPS) is 18.4. The molecule has 0 N–H and O–H groups in total. The summed E-state index contributed by atoms with van der Waals surface area (Å²) >= 11 is 5.62. The topological polar surface area (TPSA) is 12.5 Å². The van der Waals surface area contributed by atoms with Crippen molar-refractivity contribution >= 4 is 11.6 Å². The Morgan fingerprint density at radius 3 is 2.53 bits per heavy atom. The third-order valence-corrected chi connectivity index (χ3v) is 3.37. The summed E-state index contributed by atoms with van der Waals surface area (Å²) in [5.41, 5.74) is 1.40. The van der Waals surface area contributed by atoms with Crippen molar-refractivity contribution in [3.05, 3.63) is 35.9 Å². The van der Waals surface area contributed by atoms with Gasteiger partial charge in [0.05, 0.1) is 12.7 Å². The van der Waals surface area contributed by atoms with Crippen molar-refractivity contribution in [3.8, 4) is 0 Å². The summed E-state index contributed by atoms with van der Waals surface area (Å²) in [4.78, 5) is 2.50. The van der Waals surface area contributed by atoms with Crippen LogP contribution in [0.4, 0.5) is 0 Å². The molecule has 0 radical (unpaired) electrons. The molecule has 3 heteroatoms. The van der Waals surface area contributed by atoms with Crippen molar-refractivity contribution in [2.45, 2.75) is 25.5 Å². The van der Waals surface area contributed by atoms with Crippen LogP contribution in [0.1, 0.15) is 18.4 Å². The third kappa shape index (κ3) is 4.30. The van der Waals surface area contributed by atoms with Crippen molar-refractivity contribution in [1.82, 2.24) is 4.90 Å². The number of hydrogen-bond acceptors (Lipinski definition) is 2. The van der Waals surface area contributed by atoms with Crippen LogP contribution in [0.15, 0.2) is 30.3 Å². The lowest BCUT2D eigenvalue weighted by molar-refractivity contribution is 0.0135. The molecule has 1 aromatic carbocycles. The van der Waals surface area contributed by atoms with Gasteiger partial charge in [-0.1, -0.05) is 30.3 Å². The molecule has 0 aromatic heterocycles. The molecule has 0 amide bonds. The van der Waals surface area contributed by atoms with Gasteiger partial charge in [-0.2, -0.15) is 0 Å². The van der Waals surface area contributed by atoms with Crippen molar-refractivity contribution in [2.24, 2.45) is 0 Å². The number of likely N-dealkylation sites (tertiary alicyclic amines) is 1. The average molecular weight is 254 g/mol. The van der Waals surface area contributed by atoms with Gasteiger partial charge in [0.2, 0.25) is 0 Å². The molecule has 0 aliphatic carbocycles. The molecule has 1 aliphatic rings. The molecule has 17 heavy (non-hydrogen) atoms. The van der Waals surface area contributed by atoms with E-state index in [1.807, 2.05) is 0 Å². The maximum absolute atomic E-state index is 5.67. The monoisotopic (exact) mass is 253 g/mol. The maximum Gasteiger partial charge on any atom is 0.0605 e. The van der Waals surface area contributed by atoms with Crippen LogP contribution < -0.4 is 0 Å². The molecule has 0 unspecified atom stereocenters. The van der Waals surface area contributed by atoms with E-state index in [1.165, 1.54) is 5.56 Å². The first-order chi connectivity index (χ1) is 8.38. The Hall–Kier alpha value is -0.570. The van der Waals surface area contributed by atoms with Crippen molar-refractivity contribution in [3.63, 3.8) is 0 Å². The van der Waals surface area contributed by atoms with E-state index in [2.05, 4.69) is 35.2 Å². The van der Waals surface area contributed by atoms with Crippen LogP contribution in [0.25, 0.3) is 0 Å². The number of piperidine rings is 1. The second-order valence-corrected chi connectivity index (χ2v) is 4.90. The predicted molar refractivity (Wildman–Crippen MR) is 71.4 cm³/mol. The minimum absolute atomic E-state index is 0.417. The van der Waals surface area contributed by atoms with Crippen LogP contribution in [0.5, 0.6) is 0 Å². The third-order valence-electron chi connectivity index (χ3n) is 3.21. The lowest BCUT2D eigenvalue weighted by Crippen LogP contribution is -2.36. The predicted octanol–water partition coefficient (Wildman–Crippen LogP) is 2.91. The zero-order valence-corrected chi connectivity index (χ0v) is 10.9. The van der Waals surface area contributed by atoms with Crippen molar-refractivity contribution in [2.75, 3.05) is 25.6 Å². The molecule has 1 aliphatic heterocycles. The van der Waals surface area contributed by atoms with Crippen molar-refractivity contribution < 1.29 is 4.74 Å². The highest BCUT2D eigenvalue weighted by Crippen LogP contribution is 2.16. The molecule has 1 fully saturated rings. The van der Waals surface area contributed by atoms with Gasteiger partial charge in [-0.15, -0.1) is 11.6 Å². The number of nitrogens with zero attached hydrogens (tertiary/aromatic N) is 1. The Bertz CT molecular complexity index is 309. The van der Waals surface area contributed by atoms with Crippen LogP contribution >= 0.6 is 11.6 Å². The van der Waals surface area contributed by atoms with E-state index in [-0.39, 0.29) is 0 Å². The fourth-order valence-corrected chi connectivity index (χ4v) is 2.38. The second kappa shape index (κ2) is 7.00.